The minimum Gasteiger partial charge on any atom is -0.481 e. The first-order valence-electron chi connectivity index (χ1n) is 9.58. The molecule has 0 bridgehead atoms. The van der Waals surface area contributed by atoms with Gasteiger partial charge in [-0.3, -0.25) is 9.69 Å². The summed E-state index contributed by atoms with van der Waals surface area (Å²) >= 11 is 0. The highest BCUT2D eigenvalue weighted by Crippen LogP contribution is 2.21. The number of carbonyl (C=O) groups excluding carboxylic acids is 1. The summed E-state index contributed by atoms with van der Waals surface area (Å²) in [6.07, 6.45) is 2.61. The van der Waals surface area contributed by atoms with Crippen molar-refractivity contribution in [3.63, 3.8) is 0 Å². The average Bonchev–Trinajstić information content (AvgIpc) is 2.87. The molecular weight excluding hydrogens is 354 g/mol. The van der Waals surface area contributed by atoms with E-state index in [-0.39, 0.29) is 12.5 Å². The maximum atomic E-state index is 12.6. The number of nitrogens with zero attached hydrogens (tertiary/aromatic N) is 2. The summed E-state index contributed by atoms with van der Waals surface area (Å²) in [6.45, 7) is 2.09. The van der Waals surface area contributed by atoms with Gasteiger partial charge in [-0.05, 0) is 67.3 Å². The van der Waals surface area contributed by atoms with Crippen molar-refractivity contribution in [2.75, 3.05) is 37.4 Å². The standard InChI is InChI=1S/C22H27N3O3/c1-24-13-11-17-6-7-19(15-18(17)12-14-24)23-22(28)25(2)20-8-3-16(4-9-20)5-10-21(26)27/h3-4,6-9,15H,5,10-14H2,1-2H3,(H,23,28)(H,26,27). The summed E-state index contributed by atoms with van der Waals surface area (Å²) < 4.78 is 0. The molecule has 148 valence electrons. The number of hydrogen-bond donors (Lipinski definition) is 2. The van der Waals surface area contributed by atoms with Crippen LogP contribution in [0.15, 0.2) is 42.5 Å². The highest BCUT2D eigenvalue weighted by Gasteiger charge is 2.14. The fourth-order valence-corrected chi connectivity index (χ4v) is 3.38. The molecule has 6 heteroatoms. The van der Waals surface area contributed by atoms with Crippen molar-refractivity contribution in [3.8, 4) is 0 Å². The van der Waals surface area contributed by atoms with E-state index in [1.807, 2.05) is 30.3 Å². The number of urea groups is 1. The van der Waals surface area contributed by atoms with Crippen molar-refractivity contribution in [2.24, 2.45) is 0 Å². The minimum atomic E-state index is -0.812. The third-order valence-corrected chi connectivity index (χ3v) is 5.24. The van der Waals surface area contributed by atoms with E-state index in [0.29, 0.717) is 6.42 Å². The van der Waals surface area contributed by atoms with E-state index in [1.54, 1.807) is 11.9 Å². The number of carboxylic acids is 1. The molecular formula is C22H27N3O3. The first-order valence-corrected chi connectivity index (χ1v) is 9.58. The second-order valence-electron chi connectivity index (χ2n) is 7.34. The fourth-order valence-electron chi connectivity index (χ4n) is 3.38. The Labute approximate surface area is 165 Å². The van der Waals surface area contributed by atoms with Crippen LogP contribution in [0, 0.1) is 0 Å². The molecule has 0 saturated carbocycles. The van der Waals surface area contributed by atoms with Crippen LogP contribution in [0.5, 0.6) is 0 Å². The summed E-state index contributed by atoms with van der Waals surface area (Å²) in [5.41, 5.74) is 5.15. The molecule has 0 atom stereocenters. The first kappa shape index (κ1) is 19.9. The van der Waals surface area contributed by atoms with Crippen molar-refractivity contribution < 1.29 is 14.7 Å². The molecule has 1 aliphatic heterocycles. The van der Waals surface area contributed by atoms with Crippen molar-refractivity contribution in [1.29, 1.82) is 0 Å². The molecule has 0 unspecified atom stereocenters. The molecule has 0 aliphatic carbocycles. The van der Waals surface area contributed by atoms with Crippen LogP contribution in [-0.2, 0) is 24.1 Å². The van der Waals surface area contributed by atoms with Gasteiger partial charge in [0.15, 0.2) is 0 Å². The number of rotatable bonds is 5. The Kier molecular flexibility index (Phi) is 6.31. The van der Waals surface area contributed by atoms with Crippen LogP contribution in [0.3, 0.4) is 0 Å². The summed E-state index contributed by atoms with van der Waals surface area (Å²) in [7, 11) is 3.86. The molecule has 6 nitrogen and oxygen atoms in total. The monoisotopic (exact) mass is 381 g/mol. The third-order valence-electron chi connectivity index (χ3n) is 5.24. The van der Waals surface area contributed by atoms with E-state index in [1.165, 1.54) is 11.1 Å². The van der Waals surface area contributed by atoms with Gasteiger partial charge in [-0.15, -0.1) is 0 Å². The maximum absolute atomic E-state index is 12.6. The van der Waals surface area contributed by atoms with Gasteiger partial charge in [-0.1, -0.05) is 18.2 Å². The van der Waals surface area contributed by atoms with Crippen LogP contribution in [0.1, 0.15) is 23.1 Å². The van der Waals surface area contributed by atoms with Crippen molar-refractivity contribution in [1.82, 2.24) is 4.90 Å². The van der Waals surface area contributed by atoms with E-state index in [0.717, 1.165) is 42.9 Å². The Balaban J connectivity index is 1.63. The van der Waals surface area contributed by atoms with Crippen LogP contribution < -0.4 is 10.2 Å². The minimum absolute atomic E-state index is 0.101. The van der Waals surface area contributed by atoms with Gasteiger partial charge in [0.25, 0.3) is 0 Å². The Morgan fingerprint density at radius 2 is 1.75 bits per heavy atom. The molecule has 0 saturated heterocycles. The lowest BCUT2D eigenvalue weighted by Crippen LogP contribution is -2.31. The van der Waals surface area contributed by atoms with Crippen LogP contribution in [0.25, 0.3) is 0 Å². The lowest BCUT2D eigenvalue weighted by atomic mass is 10.0. The lowest BCUT2D eigenvalue weighted by molar-refractivity contribution is -0.136. The third kappa shape index (κ3) is 5.10. The van der Waals surface area contributed by atoms with Crippen LogP contribution >= 0.6 is 0 Å². The van der Waals surface area contributed by atoms with Crippen LogP contribution in [-0.4, -0.2) is 49.2 Å². The van der Waals surface area contributed by atoms with E-state index in [9.17, 15) is 9.59 Å². The summed E-state index contributed by atoms with van der Waals surface area (Å²) in [6, 6.07) is 13.3. The number of hydrogen-bond acceptors (Lipinski definition) is 3. The zero-order valence-electron chi connectivity index (χ0n) is 16.4. The molecule has 0 spiro atoms. The number of anilines is 2. The number of aliphatic carboxylic acids is 1. The summed E-state index contributed by atoms with van der Waals surface area (Å²) in [4.78, 5) is 27.2. The Bertz CT molecular complexity index is 849. The number of fused-ring (bicyclic) bond motifs is 1. The van der Waals surface area contributed by atoms with Gasteiger partial charge < -0.3 is 15.3 Å². The number of nitrogens with one attached hydrogen (secondary N) is 1. The predicted molar refractivity (Wildman–Crippen MR) is 111 cm³/mol. The zero-order valence-corrected chi connectivity index (χ0v) is 16.4. The molecule has 0 radical (unpaired) electrons. The molecule has 2 amide bonds. The van der Waals surface area contributed by atoms with E-state index < -0.39 is 5.97 Å². The summed E-state index contributed by atoms with van der Waals surface area (Å²) in [5.74, 6) is -0.812. The number of carbonyl (C=O) groups is 2. The highest BCUT2D eigenvalue weighted by atomic mass is 16.4. The molecule has 1 heterocycles. The second-order valence-corrected chi connectivity index (χ2v) is 7.34. The normalized spacial score (nSPS) is 14.1. The molecule has 0 aromatic heterocycles. The van der Waals surface area contributed by atoms with Gasteiger partial charge >= 0.3 is 12.0 Å². The fraction of sp³-hybridized carbons (Fsp3) is 0.364. The van der Waals surface area contributed by atoms with Gasteiger partial charge in [-0.2, -0.15) is 0 Å². The van der Waals surface area contributed by atoms with Crippen molar-refractivity contribution >= 4 is 23.4 Å². The Hall–Kier alpha value is -2.86. The largest absolute Gasteiger partial charge is 0.481 e. The number of carboxylic acid groups (broad SMARTS) is 1. The zero-order chi connectivity index (χ0) is 20.1. The lowest BCUT2D eigenvalue weighted by Gasteiger charge is -2.19. The molecule has 1 aliphatic rings. The SMILES string of the molecule is CN1CCc2ccc(NC(=O)N(C)c3ccc(CCC(=O)O)cc3)cc2CC1. The van der Waals surface area contributed by atoms with Gasteiger partial charge in [0.1, 0.15) is 0 Å². The van der Waals surface area contributed by atoms with E-state index in [4.69, 9.17) is 5.11 Å². The van der Waals surface area contributed by atoms with Crippen LogP contribution in [0.2, 0.25) is 0 Å². The van der Waals surface area contributed by atoms with Gasteiger partial charge in [0.2, 0.25) is 0 Å². The number of benzene rings is 2. The Morgan fingerprint density at radius 1 is 1.07 bits per heavy atom. The molecule has 2 aromatic carbocycles. The summed E-state index contributed by atoms with van der Waals surface area (Å²) in [5, 5.41) is 11.7. The molecule has 2 aromatic rings. The number of likely N-dealkylation sites (N-methyl/N-ethyl adjacent to an activating group) is 1. The molecule has 3 rings (SSSR count). The maximum Gasteiger partial charge on any atom is 0.326 e. The topological polar surface area (TPSA) is 72.9 Å². The molecule has 0 fully saturated rings. The Morgan fingerprint density at radius 3 is 2.43 bits per heavy atom. The van der Waals surface area contributed by atoms with Crippen molar-refractivity contribution in [2.45, 2.75) is 25.7 Å². The van der Waals surface area contributed by atoms with Gasteiger partial charge in [-0.25, -0.2) is 4.79 Å². The number of amides is 2. The van der Waals surface area contributed by atoms with Gasteiger partial charge in [0, 0.05) is 37.9 Å². The first-order chi connectivity index (χ1) is 13.4. The van der Waals surface area contributed by atoms with Gasteiger partial charge in [0.05, 0.1) is 0 Å². The smallest absolute Gasteiger partial charge is 0.326 e. The molecule has 28 heavy (non-hydrogen) atoms. The average molecular weight is 381 g/mol. The highest BCUT2D eigenvalue weighted by molar-refractivity contribution is 6.01. The van der Waals surface area contributed by atoms with Crippen LogP contribution in [0.4, 0.5) is 16.2 Å². The number of aryl methyl sites for hydroxylation is 1. The van der Waals surface area contributed by atoms with E-state index >= 15 is 0 Å². The predicted octanol–water partition coefficient (Wildman–Crippen LogP) is 3.40. The second kappa shape index (κ2) is 8.89. The van der Waals surface area contributed by atoms with E-state index in [2.05, 4.69) is 29.4 Å². The van der Waals surface area contributed by atoms with Crippen molar-refractivity contribution in [3.05, 3.63) is 59.2 Å². The quantitative estimate of drug-likeness (QED) is 0.833. The molecule has 2 N–H and O–H groups in total.